The largest absolute Gasteiger partial charge is 0.481 e. The summed E-state index contributed by atoms with van der Waals surface area (Å²) in [4.78, 5) is 22.4. The van der Waals surface area contributed by atoms with E-state index in [1.165, 1.54) is 0 Å². The summed E-state index contributed by atoms with van der Waals surface area (Å²) >= 11 is 0. The van der Waals surface area contributed by atoms with E-state index in [2.05, 4.69) is 5.32 Å². The normalized spacial score (nSPS) is 23.5. The van der Waals surface area contributed by atoms with Crippen molar-refractivity contribution in [3.63, 3.8) is 0 Å². The highest BCUT2D eigenvalue weighted by Gasteiger charge is 2.38. The van der Waals surface area contributed by atoms with E-state index < -0.39 is 17.9 Å². The molecule has 0 aromatic heterocycles. The lowest BCUT2D eigenvalue weighted by atomic mass is 9.92. The van der Waals surface area contributed by atoms with E-state index in [-0.39, 0.29) is 12.3 Å². The summed E-state index contributed by atoms with van der Waals surface area (Å²) in [6.45, 7) is 3.92. The molecule has 1 amide bonds. The van der Waals surface area contributed by atoms with Gasteiger partial charge in [0.05, 0.1) is 12.0 Å². The lowest BCUT2D eigenvalue weighted by Crippen LogP contribution is -2.24. The van der Waals surface area contributed by atoms with Crippen molar-refractivity contribution in [1.29, 1.82) is 0 Å². The molecule has 1 aromatic carbocycles. The Labute approximate surface area is 99.6 Å². The Kier molecular flexibility index (Phi) is 2.88. The zero-order chi connectivity index (χ0) is 12.6. The third kappa shape index (κ3) is 2.30. The van der Waals surface area contributed by atoms with Gasteiger partial charge in [-0.05, 0) is 19.4 Å². The van der Waals surface area contributed by atoms with E-state index in [9.17, 15) is 9.59 Å². The molecule has 1 aliphatic heterocycles. The number of rotatable bonds is 2. The first kappa shape index (κ1) is 11.6. The van der Waals surface area contributed by atoms with Gasteiger partial charge in [0.1, 0.15) is 0 Å². The Morgan fingerprint density at radius 2 is 1.88 bits per heavy atom. The molecule has 0 radical (unpaired) electrons. The van der Waals surface area contributed by atoms with Crippen molar-refractivity contribution in [2.75, 3.05) is 0 Å². The predicted octanol–water partition coefficient (Wildman–Crippen LogP) is 1.57. The maximum atomic E-state index is 11.3. The average molecular weight is 233 g/mol. The molecule has 0 bridgehead atoms. The molecule has 0 spiro atoms. The summed E-state index contributed by atoms with van der Waals surface area (Å²) in [5, 5.41) is 11.8. The van der Waals surface area contributed by atoms with Crippen molar-refractivity contribution in [2.45, 2.75) is 26.3 Å². The number of benzene rings is 1. The van der Waals surface area contributed by atoms with Crippen LogP contribution in [-0.2, 0) is 9.59 Å². The van der Waals surface area contributed by atoms with Crippen LogP contribution < -0.4 is 5.32 Å². The molecular weight excluding hydrogens is 218 g/mol. The third-order valence-corrected chi connectivity index (χ3v) is 3.04. The zero-order valence-electron chi connectivity index (χ0n) is 9.86. The highest BCUT2D eigenvalue weighted by atomic mass is 16.4. The summed E-state index contributed by atoms with van der Waals surface area (Å²) in [6, 6.07) is 5.48. The van der Waals surface area contributed by atoms with Crippen LogP contribution in [-0.4, -0.2) is 17.0 Å². The van der Waals surface area contributed by atoms with Crippen LogP contribution in [0.25, 0.3) is 0 Å². The lowest BCUT2D eigenvalue weighted by Gasteiger charge is -2.17. The number of carboxylic acid groups (broad SMARTS) is 1. The van der Waals surface area contributed by atoms with Gasteiger partial charge in [0.25, 0.3) is 0 Å². The number of carbonyl (C=O) groups is 2. The first-order valence-electron chi connectivity index (χ1n) is 5.58. The summed E-state index contributed by atoms with van der Waals surface area (Å²) in [6.07, 6.45) is 0.0625. The highest BCUT2D eigenvalue weighted by Crippen LogP contribution is 2.31. The maximum Gasteiger partial charge on any atom is 0.309 e. The monoisotopic (exact) mass is 233 g/mol. The molecule has 2 atom stereocenters. The first-order valence-corrected chi connectivity index (χ1v) is 5.58. The summed E-state index contributed by atoms with van der Waals surface area (Å²) in [5.41, 5.74) is 3.02. The topological polar surface area (TPSA) is 66.4 Å². The average Bonchev–Trinajstić information content (AvgIpc) is 2.59. The van der Waals surface area contributed by atoms with Gasteiger partial charge < -0.3 is 10.4 Å². The van der Waals surface area contributed by atoms with Crippen molar-refractivity contribution in [1.82, 2.24) is 5.32 Å². The van der Waals surface area contributed by atoms with Crippen LogP contribution in [0.1, 0.15) is 29.2 Å². The molecule has 17 heavy (non-hydrogen) atoms. The van der Waals surface area contributed by atoms with Crippen LogP contribution in [0, 0.1) is 19.8 Å². The molecule has 1 aromatic rings. The fourth-order valence-corrected chi connectivity index (χ4v) is 2.39. The van der Waals surface area contributed by atoms with E-state index >= 15 is 0 Å². The van der Waals surface area contributed by atoms with Crippen molar-refractivity contribution in [3.8, 4) is 0 Å². The van der Waals surface area contributed by atoms with Crippen LogP contribution in [0.15, 0.2) is 18.2 Å². The van der Waals surface area contributed by atoms with E-state index in [1.807, 2.05) is 32.0 Å². The van der Waals surface area contributed by atoms with Crippen molar-refractivity contribution in [2.24, 2.45) is 5.92 Å². The summed E-state index contributed by atoms with van der Waals surface area (Å²) < 4.78 is 0. The molecule has 90 valence electrons. The maximum absolute atomic E-state index is 11.3. The molecule has 0 aliphatic carbocycles. The van der Waals surface area contributed by atoms with Gasteiger partial charge in [0, 0.05) is 6.42 Å². The number of hydrogen-bond acceptors (Lipinski definition) is 2. The molecular formula is C13H15NO3. The zero-order valence-corrected chi connectivity index (χ0v) is 9.86. The predicted molar refractivity (Wildman–Crippen MR) is 62.5 cm³/mol. The molecule has 2 N–H and O–H groups in total. The van der Waals surface area contributed by atoms with E-state index in [0.29, 0.717) is 0 Å². The van der Waals surface area contributed by atoms with Gasteiger partial charge in [-0.25, -0.2) is 0 Å². The second-order valence-corrected chi connectivity index (χ2v) is 4.62. The summed E-state index contributed by atoms with van der Waals surface area (Å²) in [5.74, 6) is -1.78. The molecule has 1 fully saturated rings. The highest BCUT2D eigenvalue weighted by molar-refractivity contribution is 5.87. The van der Waals surface area contributed by atoms with Crippen LogP contribution >= 0.6 is 0 Å². The van der Waals surface area contributed by atoms with Gasteiger partial charge in [-0.1, -0.05) is 29.3 Å². The third-order valence-electron chi connectivity index (χ3n) is 3.04. The lowest BCUT2D eigenvalue weighted by molar-refractivity contribution is -0.142. The first-order chi connectivity index (χ1) is 7.97. The van der Waals surface area contributed by atoms with Gasteiger partial charge >= 0.3 is 5.97 Å². The molecule has 2 unspecified atom stereocenters. The second kappa shape index (κ2) is 4.20. The Morgan fingerprint density at radius 1 is 1.29 bits per heavy atom. The fourth-order valence-electron chi connectivity index (χ4n) is 2.39. The molecule has 0 saturated carbocycles. The number of carbonyl (C=O) groups excluding carboxylic acids is 1. The van der Waals surface area contributed by atoms with Crippen LogP contribution in [0.3, 0.4) is 0 Å². The molecule has 1 heterocycles. The minimum Gasteiger partial charge on any atom is -0.481 e. The summed E-state index contributed by atoms with van der Waals surface area (Å²) in [7, 11) is 0. The van der Waals surface area contributed by atoms with Gasteiger partial charge in [-0.2, -0.15) is 0 Å². The minimum atomic E-state index is -0.924. The second-order valence-electron chi connectivity index (χ2n) is 4.62. The standard InChI is InChI=1S/C13H15NO3/c1-7-3-8(2)5-9(4-7)12-10(13(16)17)6-11(15)14-12/h3-5,10,12H,6H2,1-2H3,(H,14,15)(H,16,17). The van der Waals surface area contributed by atoms with E-state index in [1.54, 1.807) is 0 Å². The van der Waals surface area contributed by atoms with Crippen LogP contribution in [0.4, 0.5) is 0 Å². The van der Waals surface area contributed by atoms with Crippen molar-refractivity contribution >= 4 is 11.9 Å². The Balaban J connectivity index is 2.37. The van der Waals surface area contributed by atoms with Gasteiger partial charge in [0.2, 0.25) is 5.91 Å². The molecule has 1 saturated heterocycles. The SMILES string of the molecule is Cc1cc(C)cc(C2NC(=O)CC2C(=O)O)c1. The Morgan fingerprint density at radius 3 is 2.41 bits per heavy atom. The number of hydrogen-bond donors (Lipinski definition) is 2. The fraction of sp³-hybridized carbons (Fsp3) is 0.385. The van der Waals surface area contributed by atoms with Crippen molar-refractivity contribution < 1.29 is 14.7 Å². The van der Waals surface area contributed by atoms with Crippen molar-refractivity contribution in [3.05, 3.63) is 34.9 Å². The Hall–Kier alpha value is -1.84. The quantitative estimate of drug-likeness (QED) is 0.814. The molecule has 4 nitrogen and oxygen atoms in total. The van der Waals surface area contributed by atoms with Crippen LogP contribution in [0.2, 0.25) is 0 Å². The van der Waals surface area contributed by atoms with Gasteiger partial charge in [-0.3, -0.25) is 9.59 Å². The number of aryl methyl sites for hydroxylation is 2. The molecule has 1 aliphatic rings. The number of carboxylic acids is 1. The van der Waals surface area contributed by atoms with Gasteiger partial charge in [-0.15, -0.1) is 0 Å². The molecule has 2 rings (SSSR count). The van der Waals surface area contributed by atoms with E-state index in [4.69, 9.17) is 5.11 Å². The van der Waals surface area contributed by atoms with Gasteiger partial charge in [0.15, 0.2) is 0 Å². The van der Waals surface area contributed by atoms with Crippen LogP contribution in [0.5, 0.6) is 0 Å². The number of nitrogens with one attached hydrogen (secondary N) is 1. The smallest absolute Gasteiger partial charge is 0.309 e. The molecule has 4 heteroatoms. The number of aliphatic carboxylic acids is 1. The number of amides is 1. The Bertz CT molecular complexity index is 461. The van der Waals surface area contributed by atoms with E-state index in [0.717, 1.165) is 16.7 Å². The minimum absolute atomic E-state index is 0.0625.